The first-order valence-corrected chi connectivity index (χ1v) is 7.77. The number of benzene rings is 2. The van der Waals surface area contributed by atoms with E-state index in [0.717, 1.165) is 5.56 Å². The normalized spacial score (nSPS) is 12.0. The van der Waals surface area contributed by atoms with Crippen molar-refractivity contribution in [3.05, 3.63) is 59.1 Å². The Bertz CT molecular complexity index is 676. The smallest absolute Gasteiger partial charge is 0.241 e. The van der Waals surface area contributed by atoms with Crippen molar-refractivity contribution in [2.75, 3.05) is 19.5 Å². The van der Waals surface area contributed by atoms with Gasteiger partial charge in [-0.05, 0) is 43.8 Å². The maximum Gasteiger partial charge on any atom is 0.241 e. The number of para-hydroxylation sites is 2. The molecule has 0 saturated heterocycles. The van der Waals surface area contributed by atoms with Crippen LogP contribution in [0.3, 0.4) is 0 Å². The third-order valence-electron chi connectivity index (χ3n) is 3.73. The van der Waals surface area contributed by atoms with Crippen LogP contribution in [0.25, 0.3) is 0 Å². The molecule has 0 spiro atoms. The molecule has 122 valence electrons. The van der Waals surface area contributed by atoms with Gasteiger partial charge in [0, 0.05) is 11.6 Å². The average molecular weight is 333 g/mol. The number of ether oxygens (including phenoxy) is 1. The van der Waals surface area contributed by atoms with Gasteiger partial charge >= 0.3 is 0 Å². The largest absolute Gasteiger partial charge is 0.495 e. The van der Waals surface area contributed by atoms with Crippen LogP contribution in [0.2, 0.25) is 5.02 Å². The first kappa shape index (κ1) is 17.3. The molecule has 4 nitrogen and oxygen atoms in total. The number of amides is 1. The molecule has 2 aromatic rings. The summed E-state index contributed by atoms with van der Waals surface area (Å²) in [7, 11) is 3.49. The van der Waals surface area contributed by atoms with Crippen molar-refractivity contribution in [2.24, 2.45) is 0 Å². The van der Waals surface area contributed by atoms with Gasteiger partial charge in [-0.15, -0.1) is 0 Å². The predicted molar refractivity (Wildman–Crippen MR) is 94.0 cm³/mol. The molecule has 0 heterocycles. The Hall–Kier alpha value is -2.04. The van der Waals surface area contributed by atoms with E-state index in [1.54, 1.807) is 7.11 Å². The maximum absolute atomic E-state index is 12.4. The zero-order valence-electron chi connectivity index (χ0n) is 13.5. The van der Waals surface area contributed by atoms with Crippen LogP contribution in [0.4, 0.5) is 5.69 Å². The van der Waals surface area contributed by atoms with Crippen molar-refractivity contribution in [1.82, 2.24) is 4.90 Å². The zero-order valence-corrected chi connectivity index (χ0v) is 14.3. The molecule has 2 rings (SSSR count). The van der Waals surface area contributed by atoms with E-state index >= 15 is 0 Å². The number of nitrogens with one attached hydrogen (secondary N) is 1. The van der Waals surface area contributed by atoms with Gasteiger partial charge in [0.2, 0.25) is 5.91 Å². The number of halogens is 1. The fourth-order valence-corrected chi connectivity index (χ4v) is 2.46. The lowest BCUT2D eigenvalue weighted by atomic mass is 10.2. The first-order chi connectivity index (χ1) is 11.0. The summed E-state index contributed by atoms with van der Waals surface area (Å²) in [5.41, 5.74) is 1.74. The van der Waals surface area contributed by atoms with E-state index in [-0.39, 0.29) is 11.9 Å². The summed E-state index contributed by atoms with van der Waals surface area (Å²) in [5, 5.41) is 3.60. The standard InChI is InChI=1S/C18H21ClN2O2/c1-13(21(2)12-14-7-6-8-15(19)11-14)18(22)20-16-9-4-5-10-17(16)23-3/h4-11,13H,12H2,1-3H3,(H,20,22)/t13-/m1/s1. The van der Waals surface area contributed by atoms with E-state index in [9.17, 15) is 4.79 Å². The van der Waals surface area contributed by atoms with Gasteiger partial charge < -0.3 is 10.1 Å². The topological polar surface area (TPSA) is 41.6 Å². The lowest BCUT2D eigenvalue weighted by Gasteiger charge is -2.24. The van der Waals surface area contributed by atoms with Crippen LogP contribution in [0.1, 0.15) is 12.5 Å². The van der Waals surface area contributed by atoms with Gasteiger partial charge in [0.1, 0.15) is 5.75 Å². The quantitative estimate of drug-likeness (QED) is 0.874. The summed E-state index contributed by atoms with van der Waals surface area (Å²) in [4.78, 5) is 14.4. The van der Waals surface area contributed by atoms with Gasteiger partial charge in [-0.25, -0.2) is 0 Å². The molecule has 0 bridgehead atoms. The lowest BCUT2D eigenvalue weighted by molar-refractivity contribution is -0.120. The summed E-state index contributed by atoms with van der Waals surface area (Å²) in [6.45, 7) is 2.51. The summed E-state index contributed by atoms with van der Waals surface area (Å²) < 4.78 is 5.25. The third-order valence-corrected chi connectivity index (χ3v) is 3.96. The highest BCUT2D eigenvalue weighted by atomic mass is 35.5. The Morgan fingerprint density at radius 3 is 2.70 bits per heavy atom. The van der Waals surface area contributed by atoms with Crippen LogP contribution in [-0.2, 0) is 11.3 Å². The molecule has 0 radical (unpaired) electrons. The molecule has 0 aliphatic rings. The predicted octanol–water partition coefficient (Wildman–Crippen LogP) is 3.81. The summed E-state index contributed by atoms with van der Waals surface area (Å²) >= 11 is 6.00. The maximum atomic E-state index is 12.4. The van der Waals surface area contributed by atoms with Crippen LogP contribution in [0.5, 0.6) is 5.75 Å². The Kier molecular flexibility index (Phi) is 6.02. The number of likely N-dealkylation sites (N-methyl/N-ethyl adjacent to an activating group) is 1. The fraction of sp³-hybridized carbons (Fsp3) is 0.278. The second-order valence-corrected chi connectivity index (χ2v) is 5.85. The zero-order chi connectivity index (χ0) is 16.8. The van der Waals surface area contributed by atoms with Crippen molar-refractivity contribution < 1.29 is 9.53 Å². The van der Waals surface area contributed by atoms with Crippen LogP contribution in [0.15, 0.2) is 48.5 Å². The minimum atomic E-state index is -0.293. The lowest BCUT2D eigenvalue weighted by Crippen LogP contribution is -2.39. The minimum Gasteiger partial charge on any atom is -0.495 e. The molecular weight excluding hydrogens is 312 g/mol. The van der Waals surface area contributed by atoms with Crippen LogP contribution >= 0.6 is 11.6 Å². The number of hydrogen-bond donors (Lipinski definition) is 1. The number of carbonyl (C=O) groups excluding carboxylic acids is 1. The van der Waals surface area contributed by atoms with Gasteiger partial charge in [0.05, 0.1) is 18.8 Å². The third kappa shape index (κ3) is 4.71. The SMILES string of the molecule is COc1ccccc1NC(=O)[C@@H](C)N(C)Cc1cccc(Cl)c1. The first-order valence-electron chi connectivity index (χ1n) is 7.40. The molecule has 0 aromatic heterocycles. The van der Waals surface area contributed by atoms with Crippen molar-refractivity contribution in [2.45, 2.75) is 19.5 Å². The molecule has 0 saturated carbocycles. The summed E-state index contributed by atoms with van der Waals surface area (Å²) in [6, 6.07) is 14.7. The number of methoxy groups -OCH3 is 1. The second kappa shape index (κ2) is 7.99. The second-order valence-electron chi connectivity index (χ2n) is 5.41. The highest BCUT2D eigenvalue weighted by Gasteiger charge is 2.19. The molecule has 1 atom stereocenters. The van der Waals surface area contributed by atoms with E-state index in [4.69, 9.17) is 16.3 Å². The van der Waals surface area contributed by atoms with E-state index in [0.29, 0.717) is 23.0 Å². The number of carbonyl (C=O) groups is 1. The summed E-state index contributed by atoms with van der Waals surface area (Å²) in [5.74, 6) is 0.560. The van der Waals surface area contributed by atoms with Crippen molar-refractivity contribution in [3.63, 3.8) is 0 Å². The highest BCUT2D eigenvalue weighted by molar-refractivity contribution is 6.30. The van der Waals surface area contributed by atoms with E-state index < -0.39 is 0 Å². The summed E-state index contributed by atoms with van der Waals surface area (Å²) in [6.07, 6.45) is 0. The Labute approximate surface area is 142 Å². The van der Waals surface area contributed by atoms with Gasteiger partial charge in [0.15, 0.2) is 0 Å². The number of hydrogen-bond acceptors (Lipinski definition) is 3. The van der Waals surface area contributed by atoms with Crippen molar-refractivity contribution in [1.29, 1.82) is 0 Å². The molecule has 1 amide bonds. The molecule has 5 heteroatoms. The Morgan fingerprint density at radius 2 is 2.00 bits per heavy atom. The molecule has 1 N–H and O–H groups in total. The van der Waals surface area contributed by atoms with Gasteiger partial charge in [-0.3, -0.25) is 9.69 Å². The average Bonchev–Trinajstić information content (AvgIpc) is 2.54. The minimum absolute atomic E-state index is 0.0842. The van der Waals surface area contributed by atoms with Crippen LogP contribution in [0, 0.1) is 0 Å². The van der Waals surface area contributed by atoms with Crippen molar-refractivity contribution >= 4 is 23.2 Å². The van der Waals surface area contributed by atoms with Crippen molar-refractivity contribution in [3.8, 4) is 5.75 Å². The molecule has 23 heavy (non-hydrogen) atoms. The van der Waals surface area contributed by atoms with Crippen LogP contribution < -0.4 is 10.1 Å². The molecule has 0 aliphatic heterocycles. The highest BCUT2D eigenvalue weighted by Crippen LogP contribution is 2.23. The van der Waals surface area contributed by atoms with E-state index in [2.05, 4.69) is 5.32 Å². The molecule has 0 unspecified atom stereocenters. The number of anilines is 1. The fourth-order valence-electron chi connectivity index (χ4n) is 2.25. The number of nitrogens with zero attached hydrogens (tertiary/aromatic N) is 1. The molecule has 0 aliphatic carbocycles. The molecular formula is C18H21ClN2O2. The molecule has 0 fully saturated rings. The van der Waals surface area contributed by atoms with Gasteiger partial charge in [0.25, 0.3) is 0 Å². The van der Waals surface area contributed by atoms with Gasteiger partial charge in [-0.2, -0.15) is 0 Å². The van der Waals surface area contributed by atoms with E-state index in [1.165, 1.54) is 0 Å². The van der Waals surface area contributed by atoms with Crippen LogP contribution in [-0.4, -0.2) is 31.0 Å². The monoisotopic (exact) mass is 332 g/mol. The molecule has 2 aromatic carbocycles. The number of rotatable bonds is 6. The Morgan fingerprint density at radius 1 is 1.26 bits per heavy atom. The van der Waals surface area contributed by atoms with E-state index in [1.807, 2.05) is 67.4 Å². The van der Waals surface area contributed by atoms with Gasteiger partial charge in [-0.1, -0.05) is 35.9 Å². The Balaban J connectivity index is 2.01.